The lowest BCUT2D eigenvalue weighted by Crippen LogP contribution is -2.39. The number of benzene rings is 2. The first-order chi connectivity index (χ1) is 23.4. The number of carbonyl (C=O) groups is 1. The van der Waals surface area contributed by atoms with Crippen LogP contribution in [0.4, 0.5) is 17.3 Å². The van der Waals surface area contributed by atoms with Crippen LogP contribution in [0.3, 0.4) is 0 Å². The molecule has 48 heavy (non-hydrogen) atoms. The van der Waals surface area contributed by atoms with Gasteiger partial charge in [-0.3, -0.25) is 9.59 Å². The van der Waals surface area contributed by atoms with Gasteiger partial charge in [0.2, 0.25) is 5.95 Å². The number of ether oxygens (including phenoxy) is 1. The quantitative estimate of drug-likeness (QED) is 0.268. The van der Waals surface area contributed by atoms with E-state index in [0.29, 0.717) is 53.2 Å². The Morgan fingerprint density at radius 3 is 2.75 bits per heavy atom. The Hall–Kier alpha value is -4.94. The molecular weight excluding hydrogens is 606 g/mol. The van der Waals surface area contributed by atoms with Gasteiger partial charge in [-0.1, -0.05) is 12.2 Å². The van der Waals surface area contributed by atoms with Crippen molar-refractivity contribution in [2.45, 2.75) is 38.3 Å². The summed E-state index contributed by atoms with van der Waals surface area (Å²) in [7, 11) is 4.26. The summed E-state index contributed by atoms with van der Waals surface area (Å²) in [6.07, 6.45) is 11.8. The van der Waals surface area contributed by atoms with E-state index in [9.17, 15) is 9.59 Å². The van der Waals surface area contributed by atoms with Gasteiger partial charge in [0.1, 0.15) is 11.1 Å². The summed E-state index contributed by atoms with van der Waals surface area (Å²) in [5, 5.41) is 4.96. The summed E-state index contributed by atoms with van der Waals surface area (Å²) < 4.78 is 11.7. The maximum Gasteiger partial charge on any atom is 0.278 e. The van der Waals surface area contributed by atoms with Gasteiger partial charge in [-0.2, -0.15) is 4.98 Å². The average molecular weight is 648 g/mol. The van der Waals surface area contributed by atoms with Crippen molar-refractivity contribution >= 4 is 45.2 Å². The van der Waals surface area contributed by atoms with E-state index < -0.39 is 0 Å². The SMILES string of the molecule is CN(C)CCN1CCC(n2ccc3cc(Nc4ncc5c(=O)n6n(c5n4)-c4ccc5c(c4)N(CCCC=CC6)C(=O)CO5)ccc32)CC1. The molecule has 0 atom stereocenters. The number of anilines is 3. The fourth-order valence-corrected chi connectivity index (χ4v) is 7.19. The highest BCUT2D eigenvalue weighted by atomic mass is 16.5. The van der Waals surface area contributed by atoms with E-state index in [-0.39, 0.29) is 18.1 Å². The Morgan fingerprint density at radius 1 is 1.02 bits per heavy atom. The van der Waals surface area contributed by atoms with E-state index in [0.717, 1.165) is 62.9 Å². The Labute approximate surface area is 278 Å². The zero-order chi connectivity index (χ0) is 32.8. The molecule has 1 amide bonds. The van der Waals surface area contributed by atoms with Crippen LogP contribution in [0.1, 0.15) is 31.7 Å². The molecule has 0 saturated carbocycles. The van der Waals surface area contributed by atoms with E-state index in [1.165, 1.54) is 5.52 Å². The van der Waals surface area contributed by atoms with Crippen molar-refractivity contribution in [2.75, 3.05) is 63.6 Å². The number of rotatable bonds is 6. The minimum atomic E-state index is -0.175. The van der Waals surface area contributed by atoms with Crippen molar-refractivity contribution in [1.82, 2.24) is 33.7 Å². The summed E-state index contributed by atoms with van der Waals surface area (Å²) in [5.74, 6) is 0.979. The second-order valence-corrected chi connectivity index (χ2v) is 13.2. The second-order valence-electron chi connectivity index (χ2n) is 13.2. The van der Waals surface area contributed by atoms with Crippen molar-refractivity contribution in [3.05, 3.63) is 77.4 Å². The first-order valence-corrected chi connectivity index (χ1v) is 16.9. The molecule has 2 bridgehead atoms. The van der Waals surface area contributed by atoms with Gasteiger partial charge in [0, 0.05) is 67.7 Å². The van der Waals surface area contributed by atoms with E-state index in [1.807, 2.05) is 29.0 Å². The number of allylic oxidation sites excluding steroid dienone is 2. The molecule has 12 heteroatoms. The van der Waals surface area contributed by atoms with Crippen LogP contribution >= 0.6 is 0 Å². The fourth-order valence-electron chi connectivity index (χ4n) is 7.19. The van der Waals surface area contributed by atoms with Crippen LogP contribution in [-0.2, 0) is 11.3 Å². The molecule has 12 nitrogen and oxygen atoms in total. The van der Waals surface area contributed by atoms with Crippen molar-refractivity contribution in [3.63, 3.8) is 0 Å². The van der Waals surface area contributed by atoms with Crippen LogP contribution < -0.4 is 20.5 Å². The van der Waals surface area contributed by atoms with E-state index in [4.69, 9.17) is 9.72 Å². The summed E-state index contributed by atoms with van der Waals surface area (Å²) >= 11 is 0. The van der Waals surface area contributed by atoms with Crippen LogP contribution in [-0.4, -0.2) is 93.0 Å². The molecule has 2 aromatic carbocycles. The van der Waals surface area contributed by atoms with Crippen molar-refractivity contribution in [1.29, 1.82) is 0 Å². The number of likely N-dealkylation sites (N-methyl/N-ethyl adjacent to an activating group) is 1. The third-order valence-electron chi connectivity index (χ3n) is 9.79. The number of nitrogens with one attached hydrogen (secondary N) is 1. The minimum Gasteiger partial charge on any atom is -0.482 e. The molecule has 1 fully saturated rings. The number of hydrogen-bond acceptors (Lipinski definition) is 8. The van der Waals surface area contributed by atoms with Gasteiger partial charge in [0.25, 0.3) is 11.5 Å². The highest BCUT2D eigenvalue weighted by molar-refractivity contribution is 5.98. The number of amides is 1. The molecule has 5 aromatic rings. The summed E-state index contributed by atoms with van der Waals surface area (Å²) in [6.45, 7) is 5.46. The number of nitrogens with zero attached hydrogens (tertiary/aromatic N) is 8. The zero-order valence-electron chi connectivity index (χ0n) is 27.5. The van der Waals surface area contributed by atoms with Crippen LogP contribution in [0.2, 0.25) is 0 Å². The molecule has 1 saturated heterocycles. The van der Waals surface area contributed by atoms with Gasteiger partial charge in [-0.25, -0.2) is 14.3 Å². The first-order valence-electron chi connectivity index (χ1n) is 16.9. The van der Waals surface area contributed by atoms with Crippen LogP contribution in [0.5, 0.6) is 5.75 Å². The molecular formula is C36H41N9O3. The minimum absolute atomic E-state index is 0.0226. The maximum absolute atomic E-state index is 13.7. The molecule has 3 aliphatic heterocycles. The lowest BCUT2D eigenvalue weighted by Gasteiger charge is -2.33. The zero-order valence-corrected chi connectivity index (χ0v) is 27.5. The number of carbonyl (C=O) groups excluding carboxylic acids is 1. The molecule has 8 rings (SSSR count). The van der Waals surface area contributed by atoms with E-state index >= 15 is 0 Å². The molecule has 0 aliphatic carbocycles. The maximum atomic E-state index is 13.7. The number of hydrogen-bond donors (Lipinski definition) is 1. The number of piperidine rings is 1. The highest BCUT2D eigenvalue weighted by Crippen LogP contribution is 2.35. The van der Waals surface area contributed by atoms with Gasteiger partial charge in [-0.05, 0) is 82.2 Å². The topological polar surface area (TPSA) is 106 Å². The fraction of sp³-hybridized carbons (Fsp3) is 0.389. The van der Waals surface area contributed by atoms with Gasteiger partial charge < -0.3 is 29.3 Å². The van der Waals surface area contributed by atoms with Crippen LogP contribution in [0.25, 0.3) is 27.6 Å². The first kappa shape index (κ1) is 30.4. The third-order valence-corrected chi connectivity index (χ3v) is 9.79. The van der Waals surface area contributed by atoms with Gasteiger partial charge in [-0.15, -0.1) is 0 Å². The summed E-state index contributed by atoms with van der Waals surface area (Å²) in [5.41, 5.74) is 3.83. The highest BCUT2D eigenvalue weighted by Gasteiger charge is 2.27. The Bertz CT molecular complexity index is 2080. The van der Waals surface area contributed by atoms with Gasteiger partial charge >= 0.3 is 0 Å². The van der Waals surface area contributed by atoms with Crippen LogP contribution in [0, 0.1) is 0 Å². The molecule has 1 N–H and O–H groups in total. The molecule has 0 spiro atoms. The average Bonchev–Trinajstić information content (AvgIpc) is 3.63. The molecule has 3 aliphatic rings. The Morgan fingerprint density at radius 2 is 1.90 bits per heavy atom. The number of aromatic nitrogens is 5. The Kier molecular flexibility index (Phi) is 7.97. The summed E-state index contributed by atoms with van der Waals surface area (Å²) in [6, 6.07) is 14.7. The number of fused-ring (bicyclic) bond motifs is 6. The van der Waals surface area contributed by atoms with Gasteiger partial charge in [0.15, 0.2) is 12.3 Å². The number of likely N-dealkylation sites (tertiary alicyclic amines) is 1. The molecule has 248 valence electrons. The summed E-state index contributed by atoms with van der Waals surface area (Å²) in [4.78, 5) is 42.5. The van der Waals surface area contributed by atoms with E-state index in [1.54, 1.807) is 15.8 Å². The van der Waals surface area contributed by atoms with Gasteiger partial charge in [0.05, 0.1) is 17.9 Å². The second kappa shape index (κ2) is 12.6. The van der Waals surface area contributed by atoms with Crippen LogP contribution in [0.15, 0.2) is 71.8 Å². The normalized spacial score (nSPS) is 17.4. The monoisotopic (exact) mass is 647 g/mol. The third kappa shape index (κ3) is 5.64. The predicted octanol–water partition coefficient (Wildman–Crippen LogP) is 4.55. The smallest absolute Gasteiger partial charge is 0.278 e. The lowest BCUT2D eigenvalue weighted by molar-refractivity contribution is -0.121. The lowest BCUT2D eigenvalue weighted by atomic mass is 10.0. The van der Waals surface area contributed by atoms with Crippen molar-refractivity contribution < 1.29 is 9.53 Å². The standard InChI is InChI=1S/C36H41N9O3/c1-40(2)19-20-41-16-12-27(13-17-41)42-18-11-25-21-26(7-9-30(25)42)38-36-37-23-29-34(39-36)45-28-8-10-32-31(22-28)43(33(46)24-48-32)14-5-3-4-6-15-44(45)35(29)47/h4,6-11,18,21-23,27H,3,5,12-17,19-20,24H2,1-2H3,(H,37,38,39). The predicted molar refractivity (Wildman–Crippen MR) is 188 cm³/mol. The molecule has 6 heterocycles. The van der Waals surface area contributed by atoms with E-state index in [2.05, 4.69) is 75.3 Å². The Balaban J connectivity index is 1.09. The van der Waals surface area contributed by atoms with Crippen molar-refractivity contribution in [2.24, 2.45) is 0 Å². The molecule has 3 aromatic heterocycles. The molecule has 0 radical (unpaired) electrons. The van der Waals surface area contributed by atoms with Crippen molar-refractivity contribution in [3.8, 4) is 11.4 Å². The largest absolute Gasteiger partial charge is 0.482 e. The molecule has 0 unspecified atom stereocenters.